The van der Waals surface area contributed by atoms with E-state index >= 15 is 0 Å². The quantitative estimate of drug-likeness (QED) is 0.383. The molecule has 0 radical (unpaired) electrons. The Balaban J connectivity index is 1.62. The standard InChI is InChI=1S/C22H25N5O5S2/c1-3-31-21(28)18-14(23-22(29)24-19(18)15-6-4-10-33-15)12-27(8-9-30-2)13-17-25-26-20(32-17)16-7-5-11-34-16/h4-7,10-11,19H,3,8-9,12-13H2,1-2H3,(H2,23,24,29)/t19-/m1/s1. The molecule has 1 atom stereocenters. The number of esters is 1. The van der Waals surface area contributed by atoms with Crippen LogP contribution in [0.1, 0.15) is 23.7 Å². The minimum atomic E-state index is -0.596. The summed E-state index contributed by atoms with van der Waals surface area (Å²) in [6, 6.07) is 6.61. The van der Waals surface area contributed by atoms with Crippen molar-refractivity contribution in [2.45, 2.75) is 19.5 Å². The number of carbonyl (C=O) groups excluding carboxylic acids is 2. The number of thiophene rings is 2. The summed E-state index contributed by atoms with van der Waals surface area (Å²) in [7, 11) is 1.61. The van der Waals surface area contributed by atoms with E-state index in [-0.39, 0.29) is 19.2 Å². The van der Waals surface area contributed by atoms with E-state index in [0.717, 1.165) is 9.75 Å². The molecule has 3 aromatic heterocycles. The van der Waals surface area contributed by atoms with Gasteiger partial charge >= 0.3 is 12.0 Å². The van der Waals surface area contributed by atoms with Crippen LogP contribution in [0.25, 0.3) is 10.8 Å². The van der Waals surface area contributed by atoms with E-state index in [2.05, 4.69) is 20.8 Å². The van der Waals surface area contributed by atoms with Crippen molar-refractivity contribution < 1.29 is 23.5 Å². The summed E-state index contributed by atoms with van der Waals surface area (Å²) >= 11 is 2.97. The molecule has 0 fully saturated rings. The van der Waals surface area contributed by atoms with E-state index < -0.39 is 12.0 Å². The van der Waals surface area contributed by atoms with Gasteiger partial charge in [-0.05, 0) is 29.8 Å². The third kappa shape index (κ3) is 5.70. The number of hydrogen-bond donors (Lipinski definition) is 2. The number of rotatable bonds is 11. The predicted octanol–water partition coefficient (Wildman–Crippen LogP) is 3.18. The molecule has 0 spiro atoms. The lowest BCUT2D eigenvalue weighted by molar-refractivity contribution is -0.139. The summed E-state index contributed by atoms with van der Waals surface area (Å²) < 4.78 is 16.4. The average Bonchev–Trinajstić information content (AvgIpc) is 3.60. The SMILES string of the molecule is CCOC(=O)C1=C(CN(CCOC)Cc2nnc(-c3cccs3)o2)NC(=O)N[C@@H]1c1cccs1. The summed E-state index contributed by atoms with van der Waals surface area (Å²) in [5.74, 6) is 0.400. The second-order valence-corrected chi connectivity index (χ2v) is 9.27. The lowest BCUT2D eigenvalue weighted by Crippen LogP contribution is -2.48. The van der Waals surface area contributed by atoms with Crippen LogP contribution in [-0.2, 0) is 20.8 Å². The molecule has 0 aromatic carbocycles. The fraction of sp³-hybridized carbons (Fsp3) is 0.364. The van der Waals surface area contributed by atoms with Crippen molar-refractivity contribution in [3.05, 3.63) is 57.1 Å². The number of nitrogens with one attached hydrogen (secondary N) is 2. The Bertz CT molecular complexity index is 1130. The first-order valence-corrected chi connectivity index (χ1v) is 12.4. The summed E-state index contributed by atoms with van der Waals surface area (Å²) in [5, 5.41) is 17.8. The average molecular weight is 504 g/mol. The Morgan fingerprint density at radius 2 is 2.03 bits per heavy atom. The van der Waals surface area contributed by atoms with E-state index in [0.29, 0.717) is 42.7 Å². The molecule has 1 aliphatic rings. The highest BCUT2D eigenvalue weighted by molar-refractivity contribution is 7.13. The largest absolute Gasteiger partial charge is 0.463 e. The van der Waals surface area contributed by atoms with Crippen molar-refractivity contribution in [2.75, 3.05) is 33.4 Å². The zero-order valence-electron chi connectivity index (χ0n) is 18.8. The second-order valence-electron chi connectivity index (χ2n) is 7.34. The number of amides is 2. The molecule has 2 amide bonds. The Morgan fingerprint density at radius 3 is 2.74 bits per heavy atom. The molecule has 0 bridgehead atoms. The van der Waals surface area contributed by atoms with E-state index in [1.54, 1.807) is 14.0 Å². The monoisotopic (exact) mass is 503 g/mol. The topological polar surface area (TPSA) is 119 Å². The molecule has 12 heteroatoms. The van der Waals surface area contributed by atoms with Gasteiger partial charge in [0.2, 0.25) is 5.89 Å². The Kier molecular flexibility index (Phi) is 8.06. The van der Waals surface area contributed by atoms with Crippen LogP contribution in [0.15, 0.2) is 50.7 Å². The van der Waals surface area contributed by atoms with Crippen LogP contribution in [0, 0.1) is 0 Å². The van der Waals surface area contributed by atoms with Crippen LogP contribution in [0.3, 0.4) is 0 Å². The van der Waals surface area contributed by atoms with Gasteiger partial charge in [0, 0.05) is 30.8 Å². The second kappa shape index (κ2) is 11.4. The molecule has 0 saturated heterocycles. The highest BCUT2D eigenvalue weighted by Crippen LogP contribution is 2.31. The highest BCUT2D eigenvalue weighted by atomic mass is 32.1. The first kappa shape index (κ1) is 24.1. The van der Waals surface area contributed by atoms with Crippen LogP contribution in [-0.4, -0.2) is 60.5 Å². The Morgan fingerprint density at radius 1 is 1.21 bits per heavy atom. The van der Waals surface area contributed by atoms with Gasteiger partial charge in [0.15, 0.2) is 0 Å². The molecule has 4 rings (SSSR count). The minimum absolute atomic E-state index is 0.224. The molecule has 0 saturated carbocycles. The van der Waals surface area contributed by atoms with Gasteiger partial charge in [0.1, 0.15) is 0 Å². The smallest absolute Gasteiger partial charge is 0.338 e. The number of urea groups is 1. The summed E-state index contributed by atoms with van der Waals surface area (Å²) in [6.07, 6.45) is 0. The summed E-state index contributed by atoms with van der Waals surface area (Å²) in [6.45, 7) is 3.49. The molecule has 10 nitrogen and oxygen atoms in total. The van der Waals surface area contributed by atoms with Crippen molar-refractivity contribution in [2.24, 2.45) is 0 Å². The van der Waals surface area contributed by atoms with Gasteiger partial charge < -0.3 is 24.5 Å². The van der Waals surface area contributed by atoms with Gasteiger partial charge in [-0.1, -0.05) is 12.1 Å². The zero-order valence-corrected chi connectivity index (χ0v) is 20.4. The maximum atomic E-state index is 13.0. The zero-order chi connectivity index (χ0) is 23.9. The van der Waals surface area contributed by atoms with Crippen LogP contribution in [0.4, 0.5) is 4.79 Å². The van der Waals surface area contributed by atoms with Gasteiger partial charge in [-0.25, -0.2) is 9.59 Å². The van der Waals surface area contributed by atoms with E-state index in [1.165, 1.54) is 22.7 Å². The summed E-state index contributed by atoms with van der Waals surface area (Å²) in [5.41, 5.74) is 0.839. The number of hydrogen-bond acceptors (Lipinski definition) is 10. The molecule has 0 unspecified atom stereocenters. The van der Waals surface area contributed by atoms with E-state index in [1.807, 2.05) is 39.9 Å². The van der Waals surface area contributed by atoms with E-state index in [9.17, 15) is 9.59 Å². The Labute approximate surface area is 204 Å². The predicted molar refractivity (Wildman–Crippen MR) is 127 cm³/mol. The van der Waals surface area contributed by atoms with Crippen molar-refractivity contribution >= 4 is 34.7 Å². The first-order valence-electron chi connectivity index (χ1n) is 10.7. The number of aromatic nitrogens is 2. The molecule has 34 heavy (non-hydrogen) atoms. The molecule has 2 N–H and O–H groups in total. The number of methoxy groups -OCH3 is 1. The maximum Gasteiger partial charge on any atom is 0.338 e. The van der Waals surface area contributed by atoms with Crippen molar-refractivity contribution in [3.63, 3.8) is 0 Å². The van der Waals surface area contributed by atoms with Gasteiger partial charge in [-0.15, -0.1) is 32.9 Å². The third-order valence-corrected chi connectivity index (χ3v) is 6.82. The first-order chi connectivity index (χ1) is 16.6. The number of carbonyl (C=O) groups is 2. The lowest BCUT2D eigenvalue weighted by atomic mass is 10.0. The molecule has 3 aromatic rings. The van der Waals surface area contributed by atoms with Gasteiger partial charge in [0.25, 0.3) is 5.89 Å². The number of ether oxygens (including phenoxy) is 2. The Hall–Kier alpha value is -3.06. The lowest BCUT2D eigenvalue weighted by Gasteiger charge is -2.31. The van der Waals surface area contributed by atoms with Crippen molar-refractivity contribution in [1.29, 1.82) is 0 Å². The molecule has 180 valence electrons. The van der Waals surface area contributed by atoms with Gasteiger partial charge in [-0.3, -0.25) is 4.90 Å². The van der Waals surface area contributed by atoms with Crippen molar-refractivity contribution in [3.8, 4) is 10.8 Å². The highest BCUT2D eigenvalue weighted by Gasteiger charge is 2.35. The van der Waals surface area contributed by atoms with Gasteiger partial charge in [0.05, 0.1) is 36.3 Å². The van der Waals surface area contributed by atoms with E-state index in [4.69, 9.17) is 13.9 Å². The fourth-order valence-electron chi connectivity index (χ4n) is 3.53. The molecule has 4 heterocycles. The molecule has 0 aliphatic carbocycles. The molecule has 1 aliphatic heterocycles. The van der Waals surface area contributed by atoms with Crippen molar-refractivity contribution in [1.82, 2.24) is 25.7 Å². The maximum absolute atomic E-state index is 13.0. The normalized spacial score (nSPS) is 16.0. The number of nitrogens with zero attached hydrogens (tertiary/aromatic N) is 3. The molecular weight excluding hydrogens is 478 g/mol. The van der Waals surface area contributed by atoms with Crippen LogP contribution in [0.2, 0.25) is 0 Å². The minimum Gasteiger partial charge on any atom is -0.463 e. The fourth-order valence-corrected chi connectivity index (χ4v) is 4.96. The van der Waals surface area contributed by atoms with Crippen LogP contribution < -0.4 is 10.6 Å². The van der Waals surface area contributed by atoms with Gasteiger partial charge in [-0.2, -0.15) is 0 Å². The summed E-state index contributed by atoms with van der Waals surface area (Å²) in [4.78, 5) is 29.2. The third-order valence-electron chi connectivity index (χ3n) is 5.03. The molecular formula is C22H25N5O5S2. The van der Waals surface area contributed by atoms with Crippen LogP contribution in [0.5, 0.6) is 0 Å². The van der Waals surface area contributed by atoms with Crippen LogP contribution >= 0.6 is 22.7 Å².